The van der Waals surface area contributed by atoms with Crippen molar-refractivity contribution in [3.8, 4) is 0 Å². The van der Waals surface area contributed by atoms with Gasteiger partial charge in [0.05, 0.1) is 10.9 Å². The molecule has 0 saturated carbocycles. The average Bonchev–Trinajstić information content (AvgIpc) is 2.85. The SMILES string of the molecule is Cc1cc(NC(=O)C(C)Sc2cc(C(C)(C)C)ccc2C)on1. The molecule has 1 unspecified atom stereocenters. The number of thioether (sulfide) groups is 1. The van der Waals surface area contributed by atoms with Gasteiger partial charge in [-0.05, 0) is 43.4 Å². The molecule has 5 heteroatoms. The van der Waals surface area contributed by atoms with Gasteiger partial charge >= 0.3 is 0 Å². The molecule has 0 saturated heterocycles. The fourth-order valence-corrected chi connectivity index (χ4v) is 3.08. The van der Waals surface area contributed by atoms with Gasteiger partial charge in [0.1, 0.15) is 0 Å². The zero-order valence-corrected chi connectivity index (χ0v) is 15.4. The Hall–Kier alpha value is -1.75. The number of amides is 1. The number of carbonyl (C=O) groups excluding carboxylic acids is 1. The molecule has 0 aliphatic rings. The van der Waals surface area contributed by atoms with Gasteiger partial charge in [0.15, 0.2) is 0 Å². The molecular formula is C18H24N2O2S. The summed E-state index contributed by atoms with van der Waals surface area (Å²) in [5.74, 6) is 0.298. The molecule has 1 N–H and O–H groups in total. The minimum Gasteiger partial charge on any atom is -0.338 e. The van der Waals surface area contributed by atoms with Crippen molar-refractivity contribution in [3.05, 3.63) is 41.1 Å². The lowest BCUT2D eigenvalue weighted by Crippen LogP contribution is -2.22. The third-order valence-corrected chi connectivity index (χ3v) is 4.86. The van der Waals surface area contributed by atoms with Crippen LogP contribution in [0.25, 0.3) is 0 Å². The number of carbonyl (C=O) groups is 1. The lowest BCUT2D eigenvalue weighted by atomic mass is 9.87. The number of aromatic nitrogens is 1. The highest BCUT2D eigenvalue weighted by Gasteiger charge is 2.19. The van der Waals surface area contributed by atoms with Crippen LogP contribution < -0.4 is 5.32 Å². The number of rotatable bonds is 4. The Morgan fingerprint density at radius 2 is 1.96 bits per heavy atom. The summed E-state index contributed by atoms with van der Waals surface area (Å²) >= 11 is 1.56. The molecule has 0 radical (unpaired) electrons. The molecule has 23 heavy (non-hydrogen) atoms. The number of nitrogens with one attached hydrogen (secondary N) is 1. The van der Waals surface area contributed by atoms with E-state index in [0.29, 0.717) is 5.88 Å². The van der Waals surface area contributed by atoms with Crippen molar-refractivity contribution in [2.75, 3.05) is 5.32 Å². The third kappa shape index (κ3) is 4.61. The van der Waals surface area contributed by atoms with E-state index in [1.54, 1.807) is 17.8 Å². The van der Waals surface area contributed by atoms with Crippen LogP contribution in [0.2, 0.25) is 0 Å². The summed E-state index contributed by atoms with van der Waals surface area (Å²) in [6, 6.07) is 8.16. The minimum absolute atomic E-state index is 0.0892. The highest BCUT2D eigenvalue weighted by atomic mass is 32.2. The number of anilines is 1. The van der Waals surface area contributed by atoms with E-state index < -0.39 is 0 Å². The molecule has 1 atom stereocenters. The Morgan fingerprint density at radius 1 is 1.26 bits per heavy atom. The van der Waals surface area contributed by atoms with Gasteiger partial charge < -0.3 is 4.52 Å². The lowest BCUT2D eigenvalue weighted by molar-refractivity contribution is -0.115. The summed E-state index contributed by atoms with van der Waals surface area (Å²) in [6.45, 7) is 12.3. The van der Waals surface area contributed by atoms with Gasteiger partial charge in [0, 0.05) is 11.0 Å². The van der Waals surface area contributed by atoms with Crippen molar-refractivity contribution in [3.63, 3.8) is 0 Å². The van der Waals surface area contributed by atoms with Crippen molar-refractivity contribution >= 4 is 23.6 Å². The van der Waals surface area contributed by atoms with Crippen LogP contribution >= 0.6 is 11.8 Å². The van der Waals surface area contributed by atoms with Crippen molar-refractivity contribution < 1.29 is 9.32 Å². The number of aryl methyl sites for hydroxylation is 2. The fraction of sp³-hybridized carbons (Fsp3) is 0.444. The molecule has 0 aliphatic heterocycles. The number of hydrogen-bond donors (Lipinski definition) is 1. The Bertz CT molecular complexity index is 701. The van der Waals surface area contributed by atoms with E-state index in [4.69, 9.17) is 4.52 Å². The van der Waals surface area contributed by atoms with Gasteiger partial charge in [-0.1, -0.05) is 38.1 Å². The topological polar surface area (TPSA) is 55.1 Å². The predicted molar refractivity (Wildman–Crippen MR) is 95.1 cm³/mol. The van der Waals surface area contributed by atoms with Crippen LogP contribution in [-0.4, -0.2) is 16.3 Å². The van der Waals surface area contributed by atoms with Crippen LogP contribution in [0.4, 0.5) is 5.88 Å². The van der Waals surface area contributed by atoms with Crippen molar-refractivity contribution in [2.45, 2.75) is 57.1 Å². The maximum absolute atomic E-state index is 12.3. The second-order valence-corrected chi connectivity index (χ2v) is 8.19. The van der Waals surface area contributed by atoms with Gasteiger partial charge in [-0.3, -0.25) is 10.1 Å². The second kappa shape index (κ2) is 6.79. The molecule has 0 aliphatic carbocycles. The van der Waals surface area contributed by atoms with E-state index in [2.05, 4.69) is 56.4 Å². The monoisotopic (exact) mass is 332 g/mol. The van der Waals surface area contributed by atoms with E-state index in [1.165, 1.54) is 11.1 Å². The summed E-state index contributed by atoms with van der Waals surface area (Å²) in [5.41, 5.74) is 3.28. The number of nitrogens with zero attached hydrogens (tertiary/aromatic N) is 1. The van der Waals surface area contributed by atoms with E-state index >= 15 is 0 Å². The first-order valence-electron chi connectivity index (χ1n) is 7.69. The zero-order valence-electron chi connectivity index (χ0n) is 14.6. The molecule has 2 rings (SSSR count). The van der Waals surface area contributed by atoms with Crippen molar-refractivity contribution in [1.82, 2.24) is 5.16 Å². The summed E-state index contributed by atoms with van der Waals surface area (Å²) in [6.07, 6.45) is 0. The van der Waals surface area contributed by atoms with E-state index in [1.807, 2.05) is 13.8 Å². The molecule has 1 heterocycles. The molecule has 2 aromatic rings. The number of benzene rings is 1. The standard InChI is InChI=1S/C18H24N2O2S/c1-11-7-8-14(18(4,5)6)10-15(11)23-13(3)17(21)19-16-9-12(2)20-22-16/h7-10,13H,1-6H3,(H,19,21). The lowest BCUT2D eigenvalue weighted by Gasteiger charge is -2.21. The van der Waals surface area contributed by atoms with Crippen molar-refractivity contribution in [2.24, 2.45) is 0 Å². The smallest absolute Gasteiger partial charge is 0.239 e. The van der Waals surface area contributed by atoms with Crippen LogP contribution in [0.3, 0.4) is 0 Å². The first kappa shape index (κ1) is 17.6. The van der Waals surface area contributed by atoms with Gasteiger partial charge in [-0.15, -0.1) is 11.8 Å². The van der Waals surface area contributed by atoms with E-state index in [9.17, 15) is 4.79 Å². The summed E-state index contributed by atoms with van der Waals surface area (Å²) in [5, 5.41) is 6.30. The predicted octanol–water partition coefficient (Wildman–Crippen LogP) is 4.71. The summed E-state index contributed by atoms with van der Waals surface area (Å²) in [7, 11) is 0. The Labute approximate surface area is 142 Å². The first-order chi connectivity index (χ1) is 10.7. The fourth-order valence-electron chi connectivity index (χ4n) is 2.08. The average molecular weight is 332 g/mol. The third-order valence-electron chi connectivity index (χ3n) is 3.60. The second-order valence-electron chi connectivity index (χ2n) is 6.81. The number of hydrogen-bond acceptors (Lipinski definition) is 4. The van der Waals surface area contributed by atoms with Gasteiger partial charge in [-0.2, -0.15) is 0 Å². The normalized spacial score (nSPS) is 13.0. The van der Waals surface area contributed by atoms with Gasteiger partial charge in [0.25, 0.3) is 0 Å². The summed E-state index contributed by atoms with van der Waals surface area (Å²) < 4.78 is 5.03. The molecule has 0 bridgehead atoms. The molecular weight excluding hydrogens is 308 g/mol. The molecule has 124 valence electrons. The maximum atomic E-state index is 12.3. The van der Waals surface area contributed by atoms with Crippen LogP contribution in [-0.2, 0) is 10.2 Å². The van der Waals surface area contributed by atoms with Gasteiger partial charge in [-0.25, -0.2) is 0 Å². The highest BCUT2D eigenvalue weighted by molar-refractivity contribution is 8.00. The Kier molecular flexibility index (Phi) is 5.19. The molecule has 4 nitrogen and oxygen atoms in total. The summed E-state index contributed by atoms with van der Waals surface area (Å²) in [4.78, 5) is 13.4. The van der Waals surface area contributed by atoms with Crippen LogP contribution in [0.1, 0.15) is 44.5 Å². The Balaban J connectivity index is 2.10. The highest BCUT2D eigenvalue weighted by Crippen LogP contribution is 2.32. The van der Waals surface area contributed by atoms with Crippen LogP contribution in [0.5, 0.6) is 0 Å². The minimum atomic E-state index is -0.227. The zero-order chi connectivity index (χ0) is 17.2. The molecule has 1 aromatic heterocycles. The van der Waals surface area contributed by atoms with Crippen LogP contribution in [0.15, 0.2) is 33.7 Å². The molecule has 1 amide bonds. The largest absolute Gasteiger partial charge is 0.338 e. The first-order valence-corrected chi connectivity index (χ1v) is 8.57. The molecule has 0 fully saturated rings. The molecule has 0 spiro atoms. The van der Waals surface area contributed by atoms with Gasteiger partial charge in [0.2, 0.25) is 11.8 Å². The molecule has 1 aromatic carbocycles. The van der Waals surface area contributed by atoms with Crippen molar-refractivity contribution in [1.29, 1.82) is 0 Å². The van der Waals surface area contributed by atoms with Crippen LogP contribution in [0, 0.1) is 13.8 Å². The van der Waals surface area contributed by atoms with E-state index in [-0.39, 0.29) is 16.6 Å². The Morgan fingerprint density at radius 3 is 2.52 bits per heavy atom. The maximum Gasteiger partial charge on any atom is 0.239 e. The van der Waals surface area contributed by atoms with E-state index in [0.717, 1.165) is 10.6 Å². The quantitative estimate of drug-likeness (QED) is 0.824.